The first-order valence-electron chi connectivity index (χ1n) is 9.09. The molecular formula is C19H28N2O3. The van der Waals surface area contributed by atoms with Gasteiger partial charge >= 0.3 is 0 Å². The highest BCUT2D eigenvalue weighted by molar-refractivity contribution is 5.79. The summed E-state index contributed by atoms with van der Waals surface area (Å²) in [4.78, 5) is 16.8. The van der Waals surface area contributed by atoms with Crippen molar-refractivity contribution in [3.8, 4) is 5.75 Å². The van der Waals surface area contributed by atoms with Crippen molar-refractivity contribution in [3.63, 3.8) is 0 Å². The van der Waals surface area contributed by atoms with Gasteiger partial charge in [-0.1, -0.05) is 12.1 Å². The van der Waals surface area contributed by atoms with Crippen molar-refractivity contribution >= 4 is 5.91 Å². The van der Waals surface area contributed by atoms with Gasteiger partial charge in [0.15, 0.2) is 0 Å². The summed E-state index contributed by atoms with van der Waals surface area (Å²) in [5.74, 6) is 1.03. The average molecular weight is 332 g/mol. The van der Waals surface area contributed by atoms with Crippen LogP contribution in [0.5, 0.6) is 5.75 Å². The molecule has 0 unspecified atom stereocenters. The number of piperazine rings is 1. The van der Waals surface area contributed by atoms with E-state index in [0.717, 1.165) is 56.8 Å². The van der Waals surface area contributed by atoms with Gasteiger partial charge in [0, 0.05) is 32.2 Å². The van der Waals surface area contributed by atoms with Gasteiger partial charge in [-0.25, -0.2) is 0 Å². The van der Waals surface area contributed by atoms with Crippen LogP contribution in [0.4, 0.5) is 0 Å². The maximum Gasteiger partial charge on any atom is 0.227 e. The number of ether oxygens (including phenoxy) is 1. The van der Waals surface area contributed by atoms with Gasteiger partial charge in [-0.05, 0) is 43.9 Å². The maximum atomic E-state index is 12.5. The van der Waals surface area contributed by atoms with Crippen LogP contribution in [0.2, 0.25) is 0 Å². The minimum atomic E-state index is -0.184. The largest absolute Gasteiger partial charge is 0.494 e. The Bertz CT molecular complexity index is 538. The summed E-state index contributed by atoms with van der Waals surface area (Å²) in [6.45, 7) is 5.88. The number of hydrogen-bond donors (Lipinski definition) is 1. The van der Waals surface area contributed by atoms with E-state index in [0.29, 0.717) is 19.1 Å². The number of aliphatic hydroxyl groups is 1. The van der Waals surface area contributed by atoms with Crippen molar-refractivity contribution in [1.29, 1.82) is 0 Å². The van der Waals surface area contributed by atoms with E-state index < -0.39 is 0 Å². The summed E-state index contributed by atoms with van der Waals surface area (Å²) >= 11 is 0. The Morgan fingerprint density at radius 3 is 2.46 bits per heavy atom. The minimum Gasteiger partial charge on any atom is -0.494 e. The van der Waals surface area contributed by atoms with Crippen LogP contribution in [-0.2, 0) is 11.2 Å². The molecule has 2 fully saturated rings. The van der Waals surface area contributed by atoms with Gasteiger partial charge in [0.25, 0.3) is 0 Å². The topological polar surface area (TPSA) is 53.0 Å². The molecule has 5 nitrogen and oxygen atoms in total. The summed E-state index contributed by atoms with van der Waals surface area (Å²) in [6.07, 6.45) is 3.38. The van der Waals surface area contributed by atoms with Gasteiger partial charge in [-0.3, -0.25) is 9.69 Å². The van der Waals surface area contributed by atoms with Crippen LogP contribution in [0.3, 0.4) is 0 Å². The molecule has 1 heterocycles. The standard InChI is InChI=1S/C19H28N2O3/c1-2-24-16-8-6-15(7-9-16)14-19(23)21-12-10-20(11-13-21)17-4-3-5-18(17)22/h6-9,17-18,22H,2-5,10-14H2,1H3/t17-,18+/m1/s1. The fraction of sp³-hybridized carbons (Fsp3) is 0.632. The van der Waals surface area contributed by atoms with E-state index in [4.69, 9.17) is 4.74 Å². The smallest absolute Gasteiger partial charge is 0.227 e. The zero-order valence-electron chi connectivity index (χ0n) is 14.5. The predicted octanol–water partition coefficient (Wildman–Crippen LogP) is 1.69. The van der Waals surface area contributed by atoms with Crippen LogP contribution in [0.1, 0.15) is 31.7 Å². The van der Waals surface area contributed by atoms with E-state index in [9.17, 15) is 9.90 Å². The molecule has 0 spiro atoms. The normalized spacial score (nSPS) is 25.0. The molecule has 24 heavy (non-hydrogen) atoms. The maximum absolute atomic E-state index is 12.5. The lowest BCUT2D eigenvalue weighted by molar-refractivity contribution is -0.132. The molecule has 3 rings (SSSR count). The van der Waals surface area contributed by atoms with Gasteiger partial charge in [0.1, 0.15) is 5.75 Å². The van der Waals surface area contributed by atoms with Gasteiger partial charge in [-0.15, -0.1) is 0 Å². The highest BCUT2D eigenvalue weighted by Crippen LogP contribution is 2.25. The lowest BCUT2D eigenvalue weighted by Gasteiger charge is -2.39. The Morgan fingerprint density at radius 1 is 1.17 bits per heavy atom. The van der Waals surface area contributed by atoms with Crippen molar-refractivity contribution < 1.29 is 14.6 Å². The predicted molar refractivity (Wildman–Crippen MR) is 93.1 cm³/mol. The van der Waals surface area contributed by atoms with Crippen LogP contribution in [0, 0.1) is 0 Å². The molecule has 1 saturated carbocycles. The van der Waals surface area contributed by atoms with E-state index >= 15 is 0 Å². The summed E-state index contributed by atoms with van der Waals surface area (Å²) in [7, 11) is 0. The highest BCUT2D eigenvalue weighted by Gasteiger charge is 2.33. The molecule has 1 aliphatic carbocycles. The monoisotopic (exact) mass is 332 g/mol. The second kappa shape index (κ2) is 7.99. The molecule has 2 atom stereocenters. The first-order chi connectivity index (χ1) is 11.7. The van der Waals surface area contributed by atoms with Crippen LogP contribution in [0.25, 0.3) is 0 Å². The fourth-order valence-electron chi connectivity index (χ4n) is 3.81. The minimum absolute atomic E-state index is 0.184. The Morgan fingerprint density at radius 2 is 1.88 bits per heavy atom. The first kappa shape index (κ1) is 17.2. The van der Waals surface area contributed by atoms with Gasteiger partial charge < -0.3 is 14.7 Å². The molecular weight excluding hydrogens is 304 g/mol. The third-order valence-corrected chi connectivity index (χ3v) is 5.17. The Kier molecular flexibility index (Phi) is 5.74. The third-order valence-electron chi connectivity index (χ3n) is 5.17. The number of carbonyl (C=O) groups excluding carboxylic acids is 1. The zero-order valence-corrected chi connectivity index (χ0v) is 14.5. The molecule has 1 aromatic carbocycles. The van der Waals surface area contributed by atoms with Gasteiger partial charge in [-0.2, -0.15) is 0 Å². The summed E-state index contributed by atoms with van der Waals surface area (Å²) < 4.78 is 5.43. The molecule has 1 aliphatic heterocycles. The molecule has 1 aromatic rings. The quantitative estimate of drug-likeness (QED) is 0.891. The zero-order chi connectivity index (χ0) is 16.9. The Balaban J connectivity index is 1.48. The van der Waals surface area contributed by atoms with E-state index in [2.05, 4.69) is 4.90 Å². The van der Waals surface area contributed by atoms with E-state index in [1.165, 1.54) is 0 Å². The summed E-state index contributed by atoms with van der Waals surface area (Å²) in [5.41, 5.74) is 1.03. The van der Waals surface area contributed by atoms with E-state index in [-0.39, 0.29) is 12.0 Å². The van der Waals surface area contributed by atoms with E-state index in [1.54, 1.807) is 0 Å². The van der Waals surface area contributed by atoms with Gasteiger partial charge in [0.05, 0.1) is 19.1 Å². The van der Waals surface area contributed by atoms with Crippen LogP contribution >= 0.6 is 0 Å². The van der Waals surface area contributed by atoms with Crippen LogP contribution < -0.4 is 4.74 Å². The van der Waals surface area contributed by atoms with E-state index in [1.807, 2.05) is 36.1 Å². The van der Waals surface area contributed by atoms with Crippen LogP contribution in [-0.4, -0.2) is 65.7 Å². The molecule has 0 radical (unpaired) electrons. The fourth-order valence-corrected chi connectivity index (χ4v) is 3.81. The molecule has 1 amide bonds. The molecule has 1 N–H and O–H groups in total. The number of rotatable bonds is 5. The number of aliphatic hydroxyl groups excluding tert-OH is 1. The number of nitrogens with zero attached hydrogens (tertiary/aromatic N) is 2. The number of amides is 1. The lowest BCUT2D eigenvalue weighted by atomic mass is 10.1. The highest BCUT2D eigenvalue weighted by atomic mass is 16.5. The molecule has 2 aliphatic rings. The second-order valence-corrected chi connectivity index (χ2v) is 6.74. The molecule has 5 heteroatoms. The summed E-state index contributed by atoms with van der Waals surface area (Å²) in [6, 6.07) is 8.08. The second-order valence-electron chi connectivity index (χ2n) is 6.74. The molecule has 0 bridgehead atoms. The first-order valence-corrected chi connectivity index (χ1v) is 9.09. The van der Waals surface area contributed by atoms with Crippen molar-refractivity contribution in [2.45, 2.75) is 44.8 Å². The average Bonchev–Trinajstić information content (AvgIpc) is 3.03. The number of hydrogen-bond acceptors (Lipinski definition) is 4. The van der Waals surface area contributed by atoms with Crippen molar-refractivity contribution in [1.82, 2.24) is 9.80 Å². The van der Waals surface area contributed by atoms with Crippen molar-refractivity contribution in [2.24, 2.45) is 0 Å². The Hall–Kier alpha value is -1.59. The Labute approximate surface area is 144 Å². The summed E-state index contributed by atoms with van der Waals surface area (Å²) in [5, 5.41) is 10.0. The third kappa shape index (κ3) is 4.08. The SMILES string of the molecule is CCOc1ccc(CC(=O)N2CCN([C@@H]3CCC[C@@H]3O)CC2)cc1. The van der Waals surface area contributed by atoms with Crippen molar-refractivity contribution in [2.75, 3.05) is 32.8 Å². The van der Waals surface area contributed by atoms with Crippen molar-refractivity contribution in [3.05, 3.63) is 29.8 Å². The molecule has 1 saturated heterocycles. The number of benzene rings is 1. The molecule has 132 valence electrons. The number of carbonyl (C=O) groups is 1. The van der Waals surface area contributed by atoms with Gasteiger partial charge in [0.2, 0.25) is 5.91 Å². The van der Waals surface area contributed by atoms with Crippen LogP contribution in [0.15, 0.2) is 24.3 Å². The molecule has 0 aromatic heterocycles. The lowest BCUT2D eigenvalue weighted by Crippen LogP contribution is -2.53.